The quantitative estimate of drug-likeness (QED) is 0.337. The molecule has 1 aliphatic rings. The number of hydrogen-bond donors (Lipinski definition) is 0. The highest BCUT2D eigenvalue weighted by atomic mass is 32.1. The summed E-state index contributed by atoms with van der Waals surface area (Å²) in [7, 11) is 0. The maximum Gasteiger partial charge on any atom is 0.230 e. The fourth-order valence-corrected chi connectivity index (χ4v) is 5.65. The van der Waals surface area contributed by atoms with Crippen LogP contribution in [0.1, 0.15) is 29.8 Å². The summed E-state index contributed by atoms with van der Waals surface area (Å²) in [5.74, 6) is -0.0291. The molecule has 0 unspecified atom stereocenters. The highest BCUT2D eigenvalue weighted by Crippen LogP contribution is 2.31. The van der Waals surface area contributed by atoms with E-state index < -0.39 is 0 Å². The molecule has 5 rings (SSSR count). The third-order valence-electron chi connectivity index (χ3n) is 6.45. The van der Waals surface area contributed by atoms with Gasteiger partial charge < -0.3 is 0 Å². The van der Waals surface area contributed by atoms with Crippen molar-refractivity contribution in [1.82, 2.24) is 14.8 Å². The minimum absolute atomic E-state index is 0.0291. The van der Waals surface area contributed by atoms with Gasteiger partial charge in [0.25, 0.3) is 0 Å². The molecule has 1 aromatic heterocycles. The molecule has 0 spiro atoms. The maximum atomic E-state index is 12.4. The van der Waals surface area contributed by atoms with Gasteiger partial charge in [-0.05, 0) is 23.3 Å². The average Bonchev–Trinajstić information content (AvgIpc) is 3.35. The van der Waals surface area contributed by atoms with Gasteiger partial charge in [0.05, 0.1) is 17.4 Å². The van der Waals surface area contributed by atoms with E-state index in [9.17, 15) is 4.79 Å². The molecule has 5 nitrogen and oxygen atoms in total. The van der Waals surface area contributed by atoms with Crippen molar-refractivity contribution in [2.75, 3.05) is 31.1 Å². The van der Waals surface area contributed by atoms with Crippen molar-refractivity contribution >= 4 is 28.1 Å². The second kappa shape index (κ2) is 11.0. The molecule has 3 aromatic carbocycles. The average molecular weight is 483 g/mol. The van der Waals surface area contributed by atoms with Crippen LogP contribution in [0.3, 0.4) is 0 Å². The molecule has 0 radical (unpaired) electrons. The molecule has 1 fully saturated rings. The molecular formula is C29H30N4OS. The van der Waals surface area contributed by atoms with E-state index in [1.807, 2.05) is 30.3 Å². The van der Waals surface area contributed by atoms with Gasteiger partial charge in [-0.15, -0.1) is 11.3 Å². The van der Waals surface area contributed by atoms with Gasteiger partial charge in [-0.2, -0.15) is 0 Å². The summed E-state index contributed by atoms with van der Waals surface area (Å²) in [6.45, 7) is 6.34. The predicted octanol–water partition coefficient (Wildman–Crippen LogP) is 5.73. The highest BCUT2D eigenvalue weighted by Gasteiger charge is 2.27. The van der Waals surface area contributed by atoms with Gasteiger partial charge in [-0.3, -0.25) is 19.5 Å². The Morgan fingerprint density at radius 3 is 1.94 bits per heavy atom. The van der Waals surface area contributed by atoms with E-state index in [0.717, 1.165) is 49.2 Å². The number of hydrogen-bond acceptors (Lipinski definition) is 5. The topological polar surface area (TPSA) is 39.7 Å². The molecule has 4 aromatic rings. The lowest BCUT2D eigenvalue weighted by atomic mass is 9.96. The third kappa shape index (κ3) is 5.51. The van der Waals surface area contributed by atoms with Crippen LogP contribution in [0.4, 0.5) is 10.8 Å². The summed E-state index contributed by atoms with van der Waals surface area (Å²) in [5.41, 5.74) is 4.54. The van der Waals surface area contributed by atoms with Crippen molar-refractivity contribution in [3.8, 4) is 0 Å². The summed E-state index contributed by atoms with van der Waals surface area (Å²) >= 11 is 1.53. The third-order valence-corrected chi connectivity index (χ3v) is 7.32. The number of carbonyl (C=O) groups is 1. The predicted molar refractivity (Wildman–Crippen MR) is 143 cm³/mol. The lowest BCUT2D eigenvalue weighted by Crippen LogP contribution is -2.47. The molecule has 2 heterocycles. The molecular weight excluding hydrogens is 452 g/mol. The molecule has 0 bridgehead atoms. The molecule has 1 saturated heterocycles. The Bertz CT molecular complexity index is 1180. The highest BCUT2D eigenvalue weighted by molar-refractivity contribution is 7.14. The Kier molecular flexibility index (Phi) is 7.33. The molecule has 1 aliphatic heterocycles. The summed E-state index contributed by atoms with van der Waals surface area (Å²) in [6.07, 6.45) is 0. The number of carbonyl (C=O) groups excluding carboxylic acids is 1. The van der Waals surface area contributed by atoms with Crippen LogP contribution in [-0.4, -0.2) is 46.9 Å². The van der Waals surface area contributed by atoms with Crippen molar-refractivity contribution in [2.24, 2.45) is 0 Å². The molecule has 178 valence electrons. The molecule has 0 saturated carbocycles. The first-order valence-electron chi connectivity index (χ1n) is 12.1. The zero-order valence-electron chi connectivity index (χ0n) is 20.0. The normalized spacial score (nSPS) is 14.8. The van der Waals surface area contributed by atoms with Crippen molar-refractivity contribution in [3.63, 3.8) is 0 Å². The van der Waals surface area contributed by atoms with E-state index in [1.165, 1.54) is 22.5 Å². The SMILES string of the molecule is CC(=O)N(c1ccccc1)c1nc(CN2CCN(C(c3ccccc3)c3ccccc3)CC2)cs1. The summed E-state index contributed by atoms with van der Waals surface area (Å²) in [6, 6.07) is 31.6. The zero-order chi connectivity index (χ0) is 24.0. The van der Waals surface area contributed by atoms with Gasteiger partial charge in [-0.25, -0.2) is 4.98 Å². The first kappa shape index (κ1) is 23.4. The second-order valence-electron chi connectivity index (χ2n) is 8.85. The number of piperazine rings is 1. The van der Waals surface area contributed by atoms with E-state index >= 15 is 0 Å². The zero-order valence-corrected chi connectivity index (χ0v) is 20.8. The fraction of sp³-hybridized carbons (Fsp3) is 0.241. The van der Waals surface area contributed by atoms with Crippen LogP contribution in [0.5, 0.6) is 0 Å². The Hall–Kier alpha value is -3.32. The first-order chi connectivity index (χ1) is 17.2. The minimum Gasteiger partial charge on any atom is -0.295 e. The van der Waals surface area contributed by atoms with Gasteiger partial charge in [0.1, 0.15) is 0 Å². The van der Waals surface area contributed by atoms with Gasteiger partial charge in [0.2, 0.25) is 5.91 Å². The van der Waals surface area contributed by atoms with Gasteiger partial charge >= 0.3 is 0 Å². The lowest BCUT2D eigenvalue weighted by Gasteiger charge is -2.39. The van der Waals surface area contributed by atoms with E-state index in [0.29, 0.717) is 0 Å². The van der Waals surface area contributed by atoms with Crippen molar-refractivity contribution in [1.29, 1.82) is 0 Å². The molecule has 0 aliphatic carbocycles. The van der Waals surface area contributed by atoms with Crippen molar-refractivity contribution < 1.29 is 4.79 Å². The van der Waals surface area contributed by atoms with E-state index in [1.54, 1.807) is 11.8 Å². The minimum atomic E-state index is -0.0291. The Morgan fingerprint density at radius 2 is 1.40 bits per heavy atom. The Labute approximate surface area is 211 Å². The largest absolute Gasteiger partial charge is 0.295 e. The smallest absolute Gasteiger partial charge is 0.230 e. The van der Waals surface area contributed by atoms with Crippen LogP contribution in [0.25, 0.3) is 0 Å². The molecule has 35 heavy (non-hydrogen) atoms. The number of aromatic nitrogens is 1. The van der Waals surface area contributed by atoms with Gasteiger partial charge in [0, 0.05) is 45.0 Å². The first-order valence-corrected chi connectivity index (χ1v) is 12.9. The molecule has 1 amide bonds. The summed E-state index contributed by atoms with van der Waals surface area (Å²) < 4.78 is 0. The van der Waals surface area contributed by atoms with E-state index in [-0.39, 0.29) is 11.9 Å². The number of anilines is 2. The monoisotopic (exact) mass is 482 g/mol. The second-order valence-corrected chi connectivity index (χ2v) is 9.68. The summed E-state index contributed by atoms with van der Waals surface area (Å²) in [5, 5.41) is 2.81. The van der Waals surface area contributed by atoms with Crippen molar-refractivity contribution in [2.45, 2.75) is 19.5 Å². The van der Waals surface area contributed by atoms with Crippen LogP contribution in [0, 0.1) is 0 Å². The fourth-order valence-electron chi connectivity index (χ4n) is 4.77. The van der Waals surface area contributed by atoms with Crippen LogP contribution in [0.2, 0.25) is 0 Å². The maximum absolute atomic E-state index is 12.4. The number of nitrogens with zero attached hydrogens (tertiary/aromatic N) is 4. The number of thiazole rings is 1. The number of para-hydroxylation sites is 1. The van der Waals surface area contributed by atoms with Gasteiger partial charge in [0.15, 0.2) is 5.13 Å². The molecule has 0 N–H and O–H groups in total. The van der Waals surface area contributed by atoms with Crippen LogP contribution >= 0.6 is 11.3 Å². The van der Waals surface area contributed by atoms with Crippen molar-refractivity contribution in [3.05, 3.63) is 113 Å². The van der Waals surface area contributed by atoms with E-state index in [4.69, 9.17) is 4.98 Å². The van der Waals surface area contributed by atoms with E-state index in [2.05, 4.69) is 75.8 Å². The molecule has 6 heteroatoms. The van der Waals surface area contributed by atoms with Crippen LogP contribution < -0.4 is 4.90 Å². The van der Waals surface area contributed by atoms with Crippen LogP contribution in [0.15, 0.2) is 96.4 Å². The standard InChI is InChI=1S/C29H30N4OS/c1-23(34)33(27-15-9-4-10-16-27)29-30-26(22-35-29)21-31-17-19-32(20-18-31)28(24-11-5-2-6-12-24)25-13-7-3-8-14-25/h2-16,22,28H,17-21H2,1H3. The number of amides is 1. The lowest BCUT2D eigenvalue weighted by molar-refractivity contribution is -0.115. The number of benzene rings is 3. The molecule has 0 atom stereocenters. The number of rotatable bonds is 7. The van der Waals surface area contributed by atoms with Gasteiger partial charge in [-0.1, -0.05) is 78.9 Å². The van der Waals surface area contributed by atoms with Crippen LogP contribution in [-0.2, 0) is 11.3 Å². The summed E-state index contributed by atoms with van der Waals surface area (Å²) in [4.78, 5) is 23.9. The Balaban J connectivity index is 1.26. The Morgan fingerprint density at radius 1 is 0.857 bits per heavy atom.